The van der Waals surface area contributed by atoms with Gasteiger partial charge in [0.2, 0.25) is 0 Å². The Morgan fingerprint density at radius 1 is 0.156 bits per heavy atom. The van der Waals surface area contributed by atoms with Crippen LogP contribution in [0, 0.1) is 0 Å². The minimum absolute atomic E-state index is 0.500. The Hall–Kier alpha value is -9.88. The Kier molecular flexibility index (Phi) is 9.65. The smallest absolute Gasteiger partial charge is 0.0622 e. The maximum Gasteiger partial charge on any atom is 0.0725 e. The normalized spacial score (nSPS) is 12.8. The van der Waals surface area contributed by atoms with E-state index in [0.717, 1.165) is 0 Å². The van der Waals surface area contributed by atoms with E-state index in [1.54, 1.807) is 0 Å². The van der Waals surface area contributed by atoms with Crippen molar-refractivity contribution in [2.45, 2.75) is 5.41 Å². The fraction of sp³-hybridized carbons (Fsp3) is 0.0130. The van der Waals surface area contributed by atoms with Crippen molar-refractivity contribution < 1.29 is 0 Å². The maximum absolute atomic E-state index is 2.51. The molecule has 1 spiro atoms. The fourth-order valence-corrected chi connectivity index (χ4v) is 13.9. The summed E-state index contributed by atoms with van der Waals surface area (Å²) in [5, 5.41) is 10.1. The molecule has 0 nitrogen and oxygen atoms in total. The second kappa shape index (κ2) is 17.1. The van der Waals surface area contributed by atoms with Gasteiger partial charge in [0, 0.05) is 0 Å². The van der Waals surface area contributed by atoms with E-state index >= 15 is 0 Å². The number of benzene rings is 14. The Morgan fingerprint density at radius 2 is 0.390 bits per heavy atom. The van der Waals surface area contributed by atoms with Gasteiger partial charge in [-0.15, -0.1) is 0 Å². The quantitative estimate of drug-likeness (QED) is 0.146. The number of rotatable bonds is 6. The third-order valence-electron chi connectivity index (χ3n) is 17.1. The number of hydrogen-bond acceptors (Lipinski definition) is 0. The van der Waals surface area contributed by atoms with E-state index in [1.807, 2.05) is 0 Å². The Bertz CT molecular complexity index is 4280. The van der Waals surface area contributed by atoms with E-state index in [0.29, 0.717) is 0 Å². The van der Waals surface area contributed by atoms with Crippen LogP contribution in [0.4, 0.5) is 0 Å². The molecule has 0 atom stereocenters. The third-order valence-corrected chi connectivity index (χ3v) is 17.1. The average Bonchev–Trinajstić information content (AvgIpc) is 4.04. The summed E-state index contributed by atoms with van der Waals surface area (Å²) in [6.07, 6.45) is 0. The van der Waals surface area contributed by atoms with Crippen LogP contribution >= 0.6 is 0 Å². The van der Waals surface area contributed by atoms with Crippen LogP contribution in [-0.4, -0.2) is 0 Å². The predicted molar refractivity (Wildman–Crippen MR) is 325 cm³/mol. The SMILES string of the molecule is c1ccc(-c2c3ccccc3c(-c3ccc(-c4ccc5c(c4)C4(c6ccccc6-5)c5ccccc5-c5ccc(-c6ccc(-c7c8ccccc8c(-c8ccccc8)c8ccccc78)cc6)cc54)cc3)c3ccccc23)cc1. The molecule has 2 aliphatic carbocycles. The first kappa shape index (κ1) is 43.5. The first-order valence-corrected chi connectivity index (χ1v) is 26.9. The summed E-state index contributed by atoms with van der Waals surface area (Å²) in [4.78, 5) is 0. The zero-order chi connectivity index (χ0) is 50.6. The second-order valence-corrected chi connectivity index (χ2v) is 20.9. The van der Waals surface area contributed by atoms with Gasteiger partial charge >= 0.3 is 0 Å². The largest absolute Gasteiger partial charge is 0.0725 e. The summed E-state index contributed by atoms with van der Waals surface area (Å²) in [7, 11) is 0. The van der Waals surface area contributed by atoms with Gasteiger partial charge < -0.3 is 0 Å². The highest BCUT2D eigenvalue weighted by Gasteiger charge is 2.51. The van der Waals surface area contributed by atoms with Crippen molar-refractivity contribution in [3.63, 3.8) is 0 Å². The molecule has 0 saturated heterocycles. The van der Waals surface area contributed by atoms with Crippen LogP contribution in [-0.2, 0) is 5.41 Å². The van der Waals surface area contributed by atoms with Crippen LogP contribution in [0.2, 0.25) is 0 Å². The predicted octanol–water partition coefficient (Wildman–Crippen LogP) is 20.6. The van der Waals surface area contributed by atoms with Gasteiger partial charge in [0.05, 0.1) is 5.41 Å². The van der Waals surface area contributed by atoms with Crippen molar-refractivity contribution in [1.82, 2.24) is 0 Å². The Labute approximate surface area is 448 Å². The van der Waals surface area contributed by atoms with Crippen LogP contribution in [0.1, 0.15) is 22.3 Å². The van der Waals surface area contributed by atoms with Gasteiger partial charge in [0.1, 0.15) is 0 Å². The minimum atomic E-state index is -0.500. The van der Waals surface area contributed by atoms with Gasteiger partial charge in [0.25, 0.3) is 0 Å². The van der Waals surface area contributed by atoms with Crippen LogP contribution in [0.25, 0.3) is 132 Å². The summed E-state index contributed by atoms with van der Waals surface area (Å²) >= 11 is 0. The van der Waals surface area contributed by atoms with E-state index in [2.05, 4.69) is 291 Å². The summed E-state index contributed by atoms with van der Waals surface area (Å²) in [5.74, 6) is 0. The van der Waals surface area contributed by atoms with Crippen LogP contribution in [0.3, 0.4) is 0 Å². The topological polar surface area (TPSA) is 0 Å². The molecule has 0 radical (unpaired) electrons. The van der Waals surface area contributed by atoms with Crippen molar-refractivity contribution in [2.24, 2.45) is 0 Å². The zero-order valence-corrected chi connectivity index (χ0v) is 42.2. The van der Waals surface area contributed by atoms with E-state index in [1.165, 1.54) is 154 Å². The summed E-state index contributed by atoms with van der Waals surface area (Å²) < 4.78 is 0. The standard InChI is InChI=1S/C77H48/c1-3-19-51(20-4-1)73-61-25-7-11-29-65(61)75(66-30-12-8-26-62(66)73)53-39-35-49(36-40-53)55-43-45-59-57-23-15-17-33-69(57)77(71(59)47-55)70-34-18-16-24-58(70)60-46-44-56(48-72(60)77)50-37-41-54(42-38-50)76-67-31-13-9-27-63(67)74(52-21-5-2-6-22-52)64-28-10-14-32-68(64)76/h1-48H. The van der Waals surface area contributed by atoms with E-state index in [9.17, 15) is 0 Å². The second-order valence-electron chi connectivity index (χ2n) is 20.9. The summed E-state index contributed by atoms with van der Waals surface area (Å²) in [5.41, 5.74) is 24.9. The lowest BCUT2D eigenvalue weighted by Crippen LogP contribution is -2.26. The molecule has 0 N–H and O–H groups in total. The van der Waals surface area contributed by atoms with Gasteiger partial charge in [-0.3, -0.25) is 0 Å². The molecule has 0 fully saturated rings. The highest BCUT2D eigenvalue weighted by atomic mass is 14.5. The lowest BCUT2D eigenvalue weighted by atomic mass is 9.70. The molecule has 0 unspecified atom stereocenters. The minimum Gasteiger partial charge on any atom is -0.0622 e. The molecule has 0 aromatic heterocycles. The van der Waals surface area contributed by atoms with Crippen molar-refractivity contribution >= 4 is 43.1 Å². The van der Waals surface area contributed by atoms with Gasteiger partial charge in [-0.05, 0) is 166 Å². The molecule has 0 heteroatoms. The number of fused-ring (bicyclic) bond motifs is 14. The summed E-state index contributed by atoms with van der Waals surface area (Å²) in [6.45, 7) is 0. The number of hydrogen-bond donors (Lipinski definition) is 0. The molecular weight excluding hydrogens is 925 g/mol. The molecule has 356 valence electrons. The highest BCUT2D eigenvalue weighted by Crippen LogP contribution is 2.63. The molecule has 0 bridgehead atoms. The van der Waals surface area contributed by atoms with Gasteiger partial charge in [0.15, 0.2) is 0 Å². The first-order chi connectivity index (χ1) is 38.2. The Balaban J connectivity index is 0.823. The third kappa shape index (κ3) is 6.40. The van der Waals surface area contributed by atoms with Crippen molar-refractivity contribution in [1.29, 1.82) is 0 Å². The molecular formula is C77H48. The monoisotopic (exact) mass is 972 g/mol. The molecule has 0 amide bonds. The molecule has 16 rings (SSSR count). The zero-order valence-electron chi connectivity index (χ0n) is 42.2. The van der Waals surface area contributed by atoms with E-state index in [4.69, 9.17) is 0 Å². The maximum atomic E-state index is 2.51. The molecule has 0 heterocycles. The van der Waals surface area contributed by atoms with Crippen molar-refractivity contribution in [2.75, 3.05) is 0 Å². The van der Waals surface area contributed by atoms with Gasteiger partial charge in [-0.25, -0.2) is 0 Å². The molecule has 77 heavy (non-hydrogen) atoms. The molecule has 14 aromatic rings. The van der Waals surface area contributed by atoms with Gasteiger partial charge in [-0.2, -0.15) is 0 Å². The summed E-state index contributed by atoms with van der Waals surface area (Å²) in [6, 6.07) is 109. The van der Waals surface area contributed by atoms with E-state index < -0.39 is 5.41 Å². The molecule has 0 aliphatic heterocycles. The van der Waals surface area contributed by atoms with Crippen molar-refractivity contribution in [3.05, 3.63) is 313 Å². The lowest BCUT2D eigenvalue weighted by Gasteiger charge is -2.31. The van der Waals surface area contributed by atoms with Crippen LogP contribution in [0.5, 0.6) is 0 Å². The molecule has 14 aromatic carbocycles. The molecule has 2 aliphatic rings. The highest BCUT2D eigenvalue weighted by molar-refractivity contribution is 6.23. The van der Waals surface area contributed by atoms with Crippen LogP contribution < -0.4 is 0 Å². The van der Waals surface area contributed by atoms with Crippen molar-refractivity contribution in [3.8, 4) is 89.0 Å². The van der Waals surface area contributed by atoms with Crippen LogP contribution in [0.15, 0.2) is 291 Å². The Morgan fingerprint density at radius 3 is 0.714 bits per heavy atom. The van der Waals surface area contributed by atoms with Gasteiger partial charge in [-0.1, -0.05) is 279 Å². The average molecular weight is 973 g/mol. The van der Waals surface area contributed by atoms with E-state index in [-0.39, 0.29) is 0 Å². The fourth-order valence-electron chi connectivity index (χ4n) is 13.9. The lowest BCUT2D eigenvalue weighted by molar-refractivity contribution is 0.794. The molecule has 0 saturated carbocycles. The first-order valence-electron chi connectivity index (χ1n) is 26.9.